The van der Waals surface area contributed by atoms with E-state index in [0.29, 0.717) is 45.1 Å². The number of nitrogens with zero attached hydrogens (tertiary/aromatic N) is 2. The van der Waals surface area contributed by atoms with Crippen LogP contribution >= 0.6 is 11.3 Å². The van der Waals surface area contributed by atoms with Crippen LogP contribution in [-0.4, -0.2) is 21.2 Å². The minimum Gasteiger partial charge on any atom is -0.321 e. The molecule has 7 heteroatoms. The molecule has 0 unspecified atom stereocenters. The fraction of sp³-hybridized carbons (Fsp3) is 0.300. The van der Waals surface area contributed by atoms with E-state index in [1.54, 1.807) is 11.5 Å². The summed E-state index contributed by atoms with van der Waals surface area (Å²) in [6, 6.07) is 9.18. The van der Waals surface area contributed by atoms with E-state index in [1.165, 1.54) is 18.3 Å². The number of hydrogen-bond donors (Lipinski definition) is 1. The molecule has 0 bridgehead atoms. The van der Waals surface area contributed by atoms with Gasteiger partial charge in [-0.2, -0.15) is 0 Å². The second-order valence-corrected chi connectivity index (χ2v) is 7.35. The average molecular weight is 383 g/mol. The zero-order valence-corrected chi connectivity index (χ0v) is 16.4. The van der Waals surface area contributed by atoms with Crippen LogP contribution in [-0.2, 0) is 17.8 Å². The molecule has 2 aromatic heterocycles. The molecule has 1 N–H and O–H groups in total. The van der Waals surface area contributed by atoms with Gasteiger partial charge in [-0.3, -0.25) is 19.0 Å². The summed E-state index contributed by atoms with van der Waals surface area (Å²) in [5, 5.41) is 3.31. The van der Waals surface area contributed by atoms with Crippen molar-refractivity contribution < 1.29 is 9.59 Å². The number of carbonyl (C=O) groups is 2. The number of ketones is 1. The maximum absolute atomic E-state index is 13.0. The second-order valence-electron chi connectivity index (χ2n) is 6.35. The molecule has 0 fully saturated rings. The second kappa shape index (κ2) is 7.84. The molecule has 1 amide bonds. The average Bonchev–Trinajstić information content (AvgIpc) is 2.98. The fourth-order valence-electron chi connectivity index (χ4n) is 2.95. The number of aromatic nitrogens is 2. The van der Waals surface area contributed by atoms with Gasteiger partial charge < -0.3 is 5.32 Å². The Balaban J connectivity index is 2.05. The molecule has 0 saturated heterocycles. The van der Waals surface area contributed by atoms with Gasteiger partial charge in [-0.1, -0.05) is 25.1 Å². The molecule has 3 rings (SSSR count). The van der Waals surface area contributed by atoms with E-state index in [9.17, 15) is 14.4 Å². The number of carbonyl (C=O) groups excluding carboxylic acids is 2. The van der Waals surface area contributed by atoms with E-state index in [0.717, 1.165) is 0 Å². The van der Waals surface area contributed by atoms with Crippen molar-refractivity contribution in [3.63, 3.8) is 0 Å². The predicted octanol–water partition coefficient (Wildman–Crippen LogP) is 3.56. The van der Waals surface area contributed by atoms with Crippen LogP contribution in [0.25, 0.3) is 10.2 Å². The zero-order valence-electron chi connectivity index (χ0n) is 15.5. The van der Waals surface area contributed by atoms with Crippen molar-refractivity contribution in [2.45, 2.75) is 40.2 Å². The molecule has 27 heavy (non-hydrogen) atoms. The predicted molar refractivity (Wildman–Crippen MR) is 108 cm³/mol. The summed E-state index contributed by atoms with van der Waals surface area (Å²) in [5.74, 6) is 0.397. The van der Waals surface area contributed by atoms with Crippen molar-refractivity contribution in [1.29, 1.82) is 0 Å². The van der Waals surface area contributed by atoms with Gasteiger partial charge in [0.2, 0.25) is 0 Å². The summed E-state index contributed by atoms with van der Waals surface area (Å²) in [6.07, 6.45) is 0.857. The van der Waals surface area contributed by atoms with E-state index in [1.807, 2.05) is 37.3 Å². The summed E-state index contributed by atoms with van der Waals surface area (Å²) < 4.78 is 1.56. The molecule has 3 aromatic rings. The number of anilines is 1. The summed E-state index contributed by atoms with van der Waals surface area (Å²) in [4.78, 5) is 42.7. The monoisotopic (exact) mass is 383 g/mol. The van der Waals surface area contributed by atoms with Crippen LogP contribution in [0.1, 0.15) is 41.3 Å². The number of rotatable bonds is 6. The van der Waals surface area contributed by atoms with Crippen LogP contribution < -0.4 is 10.9 Å². The third-order valence-electron chi connectivity index (χ3n) is 4.37. The molecule has 0 saturated carbocycles. The molecule has 2 heterocycles. The van der Waals surface area contributed by atoms with Crippen molar-refractivity contribution in [3.8, 4) is 0 Å². The number of benzene rings is 1. The quantitative estimate of drug-likeness (QED) is 0.706. The molecular formula is C20H21N3O3S. The van der Waals surface area contributed by atoms with E-state index in [-0.39, 0.29) is 23.7 Å². The lowest BCUT2D eigenvalue weighted by atomic mass is 10.2. The highest BCUT2D eigenvalue weighted by Gasteiger charge is 2.21. The number of Topliss-reactive ketones (excluding diaryl/α,β-unsaturated/α-hetero) is 1. The molecule has 6 nitrogen and oxygen atoms in total. The van der Waals surface area contributed by atoms with Gasteiger partial charge in [0.05, 0.1) is 10.3 Å². The van der Waals surface area contributed by atoms with Gasteiger partial charge in [-0.15, -0.1) is 11.3 Å². The Morgan fingerprint density at radius 1 is 1.22 bits per heavy atom. The lowest BCUT2D eigenvalue weighted by Crippen LogP contribution is -2.26. The van der Waals surface area contributed by atoms with Crippen molar-refractivity contribution in [1.82, 2.24) is 9.55 Å². The highest BCUT2D eigenvalue weighted by Crippen LogP contribution is 2.28. The van der Waals surface area contributed by atoms with Crippen molar-refractivity contribution in [2.75, 3.05) is 5.32 Å². The molecule has 0 aliphatic heterocycles. The summed E-state index contributed by atoms with van der Waals surface area (Å²) in [6.45, 7) is 5.50. The third-order valence-corrected chi connectivity index (χ3v) is 5.56. The minimum atomic E-state index is -0.255. The largest absolute Gasteiger partial charge is 0.321 e. The van der Waals surface area contributed by atoms with Gasteiger partial charge in [0.15, 0.2) is 0 Å². The van der Waals surface area contributed by atoms with Crippen LogP contribution in [0.5, 0.6) is 0 Å². The van der Waals surface area contributed by atoms with Crippen LogP contribution in [0.2, 0.25) is 0 Å². The van der Waals surface area contributed by atoms with E-state index < -0.39 is 0 Å². The molecule has 1 aromatic carbocycles. The molecular weight excluding hydrogens is 362 g/mol. The Morgan fingerprint density at radius 3 is 2.56 bits per heavy atom. The lowest BCUT2D eigenvalue weighted by Gasteiger charge is -2.10. The number of fused-ring (bicyclic) bond motifs is 1. The van der Waals surface area contributed by atoms with Crippen LogP contribution in [0.3, 0.4) is 0 Å². The van der Waals surface area contributed by atoms with Crippen molar-refractivity contribution in [2.24, 2.45) is 0 Å². The van der Waals surface area contributed by atoms with Gasteiger partial charge in [-0.25, -0.2) is 4.98 Å². The van der Waals surface area contributed by atoms with E-state index >= 15 is 0 Å². The number of nitrogens with one attached hydrogen (secondary N) is 1. The van der Waals surface area contributed by atoms with Gasteiger partial charge in [-0.05, 0) is 31.5 Å². The van der Waals surface area contributed by atoms with E-state index in [4.69, 9.17) is 0 Å². The number of hydrogen-bond acceptors (Lipinski definition) is 5. The summed E-state index contributed by atoms with van der Waals surface area (Å²) >= 11 is 1.22. The Bertz CT molecular complexity index is 1070. The summed E-state index contributed by atoms with van der Waals surface area (Å²) in [7, 11) is 0. The first-order chi connectivity index (χ1) is 12.9. The molecule has 0 radical (unpaired) electrons. The number of aryl methyl sites for hydroxylation is 2. The van der Waals surface area contributed by atoms with Gasteiger partial charge in [0.25, 0.3) is 11.5 Å². The van der Waals surface area contributed by atoms with E-state index in [2.05, 4.69) is 10.3 Å². The Labute approximate surface area is 160 Å². The van der Waals surface area contributed by atoms with Crippen LogP contribution in [0.4, 0.5) is 5.69 Å². The van der Waals surface area contributed by atoms with Crippen molar-refractivity contribution >= 4 is 38.9 Å². The first-order valence-electron chi connectivity index (χ1n) is 8.81. The molecule has 140 valence electrons. The van der Waals surface area contributed by atoms with Gasteiger partial charge >= 0.3 is 0 Å². The number of para-hydroxylation sites is 1. The highest BCUT2D eigenvalue weighted by molar-refractivity contribution is 7.20. The number of thiophene rings is 1. The third kappa shape index (κ3) is 3.83. The zero-order chi connectivity index (χ0) is 19.6. The molecule has 0 spiro atoms. The maximum atomic E-state index is 13.0. The van der Waals surface area contributed by atoms with Crippen LogP contribution in [0.15, 0.2) is 35.1 Å². The van der Waals surface area contributed by atoms with Gasteiger partial charge in [0.1, 0.15) is 16.4 Å². The number of amides is 1. The first-order valence-corrected chi connectivity index (χ1v) is 9.62. The van der Waals surface area contributed by atoms with Gasteiger partial charge in [0, 0.05) is 25.1 Å². The standard InChI is InChI=1S/C20H21N3O3S/c1-4-15-22-19-16(20(26)23(15)11-10-12(2)24)13(3)17(27-19)18(25)21-14-8-6-5-7-9-14/h5-9H,4,10-11H2,1-3H3,(H,21,25). The molecule has 0 atom stereocenters. The normalized spacial score (nSPS) is 10.9. The summed E-state index contributed by atoms with van der Waals surface area (Å²) in [5.41, 5.74) is 1.13. The Kier molecular flexibility index (Phi) is 5.51. The maximum Gasteiger partial charge on any atom is 0.266 e. The Morgan fingerprint density at radius 2 is 1.93 bits per heavy atom. The highest BCUT2D eigenvalue weighted by atomic mass is 32.1. The smallest absolute Gasteiger partial charge is 0.266 e. The van der Waals surface area contributed by atoms with Crippen molar-refractivity contribution in [3.05, 3.63) is 57.0 Å². The SMILES string of the molecule is CCc1nc2sc(C(=O)Nc3ccccc3)c(C)c2c(=O)n1CCC(C)=O. The van der Waals surface area contributed by atoms with Crippen LogP contribution in [0, 0.1) is 6.92 Å². The lowest BCUT2D eigenvalue weighted by molar-refractivity contribution is -0.117. The minimum absolute atomic E-state index is 0.0222. The Hall–Kier alpha value is -2.80. The topological polar surface area (TPSA) is 81.1 Å². The molecule has 0 aliphatic rings. The first kappa shape index (κ1) is 19.0. The fourth-order valence-corrected chi connectivity index (χ4v) is 4.04. The molecule has 0 aliphatic carbocycles.